The van der Waals surface area contributed by atoms with Crippen molar-refractivity contribution in [2.24, 2.45) is 0 Å². The molecule has 0 atom stereocenters. The molecule has 0 aliphatic heterocycles. The second-order valence-electron chi connectivity index (χ2n) is 15.9. The molecule has 0 heterocycles. The van der Waals surface area contributed by atoms with Crippen molar-refractivity contribution in [1.29, 1.82) is 0 Å². The Morgan fingerprint density at radius 2 is 0.885 bits per heavy atom. The summed E-state index contributed by atoms with van der Waals surface area (Å²) < 4.78 is 6.43. The van der Waals surface area contributed by atoms with Crippen LogP contribution in [0.1, 0.15) is 77.5 Å². The second-order valence-corrected chi connectivity index (χ2v) is 15.9. The minimum absolute atomic E-state index is 0.0716. The predicted molar refractivity (Wildman–Crippen MR) is 218 cm³/mol. The highest BCUT2D eigenvalue weighted by molar-refractivity contribution is 5.86. The number of aromatic hydroxyl groups is 2. The summed E-state index contributed by atoms with van der Waals surface area (Å²) in [5.41, 5.74) is 10.8. The summed E-state index contributed by atoms with van der Waals surface area (Å²) in [7, 11) is 0. The maximum Gasteiger partial charge on any atom is 0.131 e. The van der Waals surface area contributed by atoms with Crippen molar-refractivity contribution in [1.82, 2.24) is 0 Å². The van der Waals surface area contributed by atoms with Gasteiger partial charge >= 0.3 is 0 Å². The molecular formula is C49H52O3. The van der Waals surface area contributed by atoms with Crippen LogP contribution in [0.3, 0.4) is 0 Å². The lowest BCUT2D eigenvalue weighted by Gasteiger charge is -2.23. The van der Waals surface area contributed by atoms with Crippen LogP contribution in [-0.2, 0) is 17.3 Å². The number of aryl methyl sites for hydroxylation is 1. The normalized spacial score (nSPS) is 11.8. The zero-order valence-corrected chi connectivity index (χ0v) is 31.5. The topological polar surface area (TPSA) is 49.7 Å². The summed E-state index contributed by atoms with van der Waals surface area (Å²) in [5, 5.41) is 23.3. The smallest absolute Gasteiger partial charge is 0.131 e. The van der Waals surface area contributed by atoms with E-state index in [1.807, 2.05) is 72.8 Å². The summed E-state index contributed by atoms with van der Waals surface area (Å²) in [6.45, 7) is 13.8. The first-order valence-electron chi connectivity index (χ1n) is 18.6. The maximum absolute atomic E-state index is 11.7. The molecule has 266 valence electrons. The van der Waals surface area contributed by atoms with Crippen molar-refractivity contribution in [2.75, 3.05) is 6.61 Å². The van der Waals surface area contributed by atoms with Gasteiger partial charge in [-0.3, -0.25) is 0 Å². The number of hydrogen-bond donors (Lipinski definition) is 2. The average Bonchev–Trinajstić information content (AvgIpc) is 3.13. The Bertz CT molecular complexity index is 1960. The van der Waals surface area contributed by atoms with Crippen LogP contribution in [0.2, 0.25) is 0 Å². The van der Waals surface area contributed by atoms with E-state index < -0.39 is 0 Å². The van der Waals surface area contributed by atoms with Gasteiger partial charge in [0.25, 0.3) is 0 Å². The number of hydrogen-bond acceptors (Lipinski definition) is 3. The monoisotopic (exact) mass is 688 g/mol. The highest BCUT2D eigenvalue weighted by Crippen LogP contribution is 2.45. The number of ether oxygens (including phenoxy) is 1. The fourth-order valence-corrected chi connectivity index (χ4v) is 6.81. The molecule has 6 aromatic carbocycles. The summed E-state index contributed by atoms with van der Waals surface area (Å²) in [6, 6.07) is 45.3. The van der Waals surface area contributed by atoms with Gasteiger partial charge in [0.05, 0.1) is 6.61 Å². The number of phenolic OH excluding ortho intramolecular Hbond substituents is 2. The highest BCUT2D eigenvalue weighted by Gasteiger charge is 2.23. The van der Waals surface area contributed by atoms with Crippen LogP contribution in [0.15, 0.2) is 133 Å². The van der Waals surface area contributed by atoms with Gasteiger partial charge in [-0.1, -0.05) is 145 Å². The molecule has 3 nitrogen and oxygen atoms in total. The van der Waals surface area contributed by atoms with E-state index in [-0.39, 0.29) is 16.6 Å². The fraction of sp³-hybridized carbons (Fsp3) is 0.265. The Balaban J connectivity index is 1.17. The lowest BCUT2D eigenvalue weighted by molar-refractivity contribution is 0.306. The Hall–Kier alpha value is -5.28. The predicted octanol–water partition coefficient (Wildman–Crippen LogP) is 13.2. The molecule has 0 bridgehead atoms. The molecule has 0 radical (unpaired) electrons. The van der Waals surface area contributed by atoms with Gasteiger partial charge in [0.2, 0.25) is 0 Å². The van der Waals surface area contributed by atoms with Gasteiger partial charge in [-0.25, -0.2) is 0 Å². The van der Waals surface area contributed by atoms with Gasteiger partial charge in [-0.2, -0.15) is 0 Å². The second kappa shape index (κ2) is 15.5. The summed E-state index contributed by atoms with van der Waals surface area (Å²) in [6.07, 6.45) is 3.82. The Kier molecular flexibility index (Phi) is 10.9. The summed E-state index contributed by atoms with van der Waals surface area (Å²) in [4.78, 5) is 0. The zero-order valence-electron chi connectivity index (χ0n) is 31.5. The molecule has 0 spiro atoms. The van der Waals surface area contributed by atoms with Crippen LogP contribution in [0.4, 0.5) is 0 Å². The molecular weight excluding hydrogens is 637 g/mol. The maximum atomic E-state index is 11.7. The van der Waals surface area contributed by atoms with E-state index in [4.69, 9.17) is 4.74 Å². The molecule has 6 aromatic rings. The van der Waals surface area contributed by atoms with E-state index in [1.54, 1.807) is 0 Å². The summed E-state index contributed by atoms with van der Waals surface area (Å²) >= 11 is 0. The Labute approximate surface area is 310 Å². The number of rotatable bonds is 11. The Morgan fingerprint density at radius 3 is 1.42 bits per heavy atom. The van der Waals surface area contributed by atoms with E-state index in [0.717, 1.165) is 81.5 Å². The van der Waals surface area contributed by atoms with Gasteiger partial charge < -0.3 is 14.9 Å². The minimum atomic E-state index is -0.0985. The molecule has 0 aromatic heterocycles. The fourth-order valence-electron chi connectivity index (χ4n) is 6.81. The highest BCUT2D eigenvalue weighted by atomic mass is 16.5. The van der Waals surface area contributed by atoms with E-state index in [1.165, 1.54) is 11.1 Å². The first-order valence-corrected chi connectivity index (χ1v) is 18.6. The minimum Gasteiger partial charge on any atom is -0.507 e. The molecule has 0 aliphatic carbocycles. The van der Waals surface area contributed by atoms with Crippen LogP contribution in [0.25, 0.3) is 44.5 Å². The molecule has 0 unspecified atom stereocenters. The summed E-state index contributed by atoms with van der Waals surface area (Å²) in [5.74, 6) is 1.37. The first-order chi connectivity index (χ1) is 24.9. The number of para-hydroxylation sites is 1. The third-order valence-corrected chi connectivity index (χ3v) is 9.95. The van der Waals surface area contributed by atoms with Crippen LogP contribution >= 0.6 is 0 Å². The largest absolute Gasteiger partial charge is 0.507 e. The van der Waals surface area contributed by atoms with Crippen molar-refractivity contribution < 1.29 is 14.9 Å². The van der Waals surface area contributed by atoms with Crippen LogP contribution in [-0.4, -0.2) is 16.8 Å². The lowest BCUT2D eigenvalue weighted by Crippen LogP contribution is -2.11. The molecule has 3 heteroatoms. The van der Waals surface area contributed by atoms with Gasteiger partial charge in [-0.05, 0) is 100 Å². The molecule has 52 heavy (non-hydrogen) atoms. The van der Waals surface area contributed by atoms with Crippen LogP contribution in [0, 0.1) is 0 Å². The third kappa shape index (κ3) is 8.26. The van der Waals surface area contributed by atoms with Gasteiger partial charge in [-0.15, -0.1) is 0 Å². The number of benzene rings is 6. The van der Waals surface area contributed by atoms with E-state index >= 15 is 0 Å². The average molecular weight is 689 g/mol. The van der Waals surface area contributed by atoms with Crippen molar-refractivity contribution in [3.05, 3.63) is 150 Å². The van der Waals surface area contributed by atoms with Crippen molar-refractivity contribution in [3.63, 3.8) is 0 Å². The van der Waals surface area contributed by atoms with E-state index in [9.17, 15) is 10.2 Å². The molecule has 0 saturated carbocycles. The van der Waals surface area contributed by atoms with Crippen LogP contribution < -0.4 is 4.74 Å². The van der Waals surface area contributed by atoms with Crippen LogP contribution in [0.5, 0.6) is 17.2 Å². The lowest BCUT2D eigenvalue weighted by atomic mass is 9.82. The molecule has 0 aliphatic rings. The van der Waals surface area contributed by atoms with Crippen molar-refractivity contribution in [3.8, 4) is 61.8 Å². The van der Waals surface area contributed by atoms with Gasteiger partial charge in [0.15, 0.2) is 0 Å². The third-order valence-electron chi connectivity index (χ3n) is 9.95. The molecule has 6 rings (SSSR count). The number of unbranched alkanes of at least 4 members (excludes halogenated alkanes) is 2. The zero-order chi connectivity index (χ0) is 36.9. The van der Waals surface area contributed by atoms with Gasteiger partial charge in [0, 0.05) is 27.8 Å². The van der Waals surface area contributed by atoms with Crippen molar-refractivity contribution in [2.45, 2.75) is 78.1 Å². The standard InChI is InChI=1S/C49H52O3/c1-48(2,3)37-30-41(35-21-10-7-11-22-35)46(50)43(32-37)39-26-16-15-25-34(39)20-14-9-19-29-52-45-28-18-17-27-40(45)44-33-38(49(4,5)6)31-42(47(44)51)36-23-12-8-13-24-36/h7-8,10-13,15-18,21-28,30-33,50-51H,9,14,19-20,29H2,1-6H3. The first kappa shape index (κ1) is 36.5. The van der Waals surface area contributed by atoms with E-state index in [2.05, 4.69) is 102 Å². The van der Waals surface area contributed by atoms with E-state index in [0.29, 0.717) is 12.4 Å². The SMILES string of the molecule is CC(C)(C)c1cc(-c2ccccc2)c(O)c(-c2ccccc2CCCCCOc2ccccc2-c2cc(C(C)(C)C)cc(-c3ccccc3)c2O)c1. The number of phenols is 2. The molecule has 0 fully saturated rings. The van der Waals surface area contributed by atoms with Crippen molar-refractivity contribution >= 4 is 0 Å². The Morgan fingerprint density at radius 1 is 0.442 bits per heavy atom. The quantitative estimate of drug-likeness (QED) is 0.133. The molecule has 0 amide bonds. The molecule has 0 saturated heterocycles. The van der Waals surface area contributed by atoms with Gasteiger partial charge in [0.1, 0.15) is 17.2 Å². The molecule has 2 N–H and O–H groups in total.